The van der Waals surface area contributed by atoms with Crippen LogP contribution in [-0.4, -0.2) is 11.2 Å². The van der Waals surface area contributed by atoms with Crippen molar-refractivity contribution >= 4 is 53.6 Å². The number of allylic oxidation sites excluding steroid dienone is 12. The first-order valence-corrected chi connectivity index (χ1v) is 26.6. The average Bonchev–Trinajstić information content (AvgIpc) is 3.63. The SMILES string of the molecule is C#C.C/C=C\C=C1/CC(c2ccc(CP(C)(=O)c3ccccc3)cc2)(c2ccc(P(=O)(/C(C)=C/C=C\C)c3ccccc3)cc2)C(C)=c2/c(=C\C)c(C)c(/C=C\C)n21.C=C/C=C\C.CC. The van der Waals surface area contributed by atoms with E-state index >= 15 is 4.57 Å². The number of hydrogen-bond acceptors (Lipinski definition) is 2. The molecule has 6 rings (SSSR count). The molecule has 1 aliphatic rings. The van der Waals surface area contributed by atoms with Crippen LogP contribution in [0.1, 0.15) is 96.7 Å². The fourth-order valence-electron chi connectivity index (χ4n) is 8.64. The van der Waals surface area contributed by atoms with Gasteiger partial charge >= 0.3 is 0 Å². The Hall–Kier alpha value is -5.90. The van der Waals surface area contributed by atoms with Crippen molar-refractivity contribution in [3.05, 3.63) is 220 Å². The van der Waals surface area contributed by atoms with Crippen LogP contribution in [0, 0.1) is 19.8 Å². The molecule has 0 amide bonds. The first kappa shape index (κ1) is 53.4. The molecule has 338 valence electrons. The van der Waals surface area contributed by atoms with Gasteiger partial charge in [0.2, 0.25) is 0 Å². The molecule has 3 atom stereocenters. The molecule has 1 aromatic heterocycles. The summed E-state index contributed by atoms with van der Waals surface area (Å²) in [6.45, 7) is 26.1. The molecule has 0 bridgehead atoms. The second kappa shape index (κ2) is 25.6. The Bertz CT molecular complexity index is 2770. The summed E-state index contributed by atoms with van der Waals surface area (Å²) in [5, 5.41) is 5.81. The summed E-state index contributed by atoms with van der Waals surface area (Å²) in [5.74, 6) is 0. The molecule has 0 saturated carbocycles. The lowest BCUT2D eigenvalue weighted by Crippen LogP contribution is -2.45. The Labute approximate surface area is 392 Å². The van der Waals surface area contributed by atoms with Crippen LogP contribution in [0.2, 0.25) is 0 Å². The van der Waals surface area contributed by atoms with Gasteiger partial charge in [-0.25, -0.2) is 0 Å². The normalized spacial score (nSPS) is 17.7. The Morgan fingerprint density at radius 3 is 1.69 bits per heavy atom. The van der Waals surface area contributed by atoms with Crippen LogP contribution >= 0.6 is 14.3 Å². The Kier molecular flexibility index (Phi) is 21.0. The van der Waals surface area contributed by atoms with Gasteiger partial charge < -0.3 is 13.7 Å². The van der Waals surface area contributed by atoms with E-state index in [0.717, 1.165) is 32.4 Å². The van der Waals surface area contributed by atoms with Crippen molar-refractivity contribution in [1.82, 2.24) is 4.57 Å². The minimum atomic E-state index is -3.13. The quantitative estimate of drug-likeness (QED) is 0.0711. The summed E-state index contributed by atoms with van der Waals surface area (Å²) < 4.78 is 31.8. The van der Waals surface area contributed by atoms with E-state index in [2.05, 4.69) is 144 Å². The van der Waals surface area contributed by atoms with Crippen LogP contribution in [0.25, 0.3) is 23.4 Å². The molecular formula is C60H71NO2P2. The molecule has 3 nitrogen and oxygen atoms in total. The number of benzene rings is 4. The summed E-state index contributed by atoms with van der Waals surface area (Å²) in [6, 6.07) is 37.2. The highest BCUT2D eigenvalue weighted by Gasteiger charge is 2.42. The zero-order chi connectivity index (χ0) is 48.2. The molecule has 0 saturated heterocycles. The first-order valence-electron chi connectivity index (χ1n) is 22.6. The predicted octanol–water partition coefficient (Wildman–Crippen LogP) is 14.2. The van der Waals surface area contributed by atoms with Crippen LogP contribution in [-0.2, 0) is 20.7 Å². The number of fused-ring (bicyclic) bond motifs is 1. The summed E-state index contributed by atoms with van der Waals surface area (Å²) in [4.78, 5) is 0. The Morgan fingerprint density at radius 2 is 1.22 bits per heavy atom. The van der Waals surface area contributed by atoms with Crippen LogP contribution in [0.3, 0.4) is 0 Å². The van der Waals surface area contributed by atoms with E-state index in [1.54, 1.807) is 6.08 Å². The van der Waals surface area contributed by atoms with Gasteiger partial charge in [0.1, 0.15) is 7.14 Å². The molecule has 0 fully saturated rings. The second-order valence-electron chi connectivity index (χ2n) is 15.7. The lowest BCUT2D eigenvalue weighted by molar-refractivity contribution is 0.584. The standard InChI is InChI=1S/C51H55NO2P2.C5H8.C2H6.C2H2/c1-9-13-22-38(5)56(54,46-26-19-16-20-27-46)47-34-32-43(33-35-47)51(42-30-28-41(29-31-42)37-55(8,53)45-24-17-15-18-25-45)36-44(23-14-10-2)52-49(21-11-3)39(6)48(12-4)50(52)40(51)7;1-3-5-4-2;2*1-2/h9-35H,36-37H2,1-8H3;3-5H,1H2,2H3;1-2H3;1-2H/b13-9-,14-10-,21-11-,38-22+,44-23+,48-12-;5-4-;;. The molecule has 5 aromatic rings. The van der Waals surface area contributed by atoms with Crippen LogP contribution in [0.4, 0.5) is 0 Å². The topological polar surface area (TPSA) is 39.1 Å². The van der Waals surface area contributed by atoms with Crippen molar-refractivity contribution in [3.63, 3.8) is 0 Å². The van der Waals surface area contributed by atoms with Gasteiger partial charge in [0.25, 0.3) is 0 Å². The van der Waals surface area contributed by atoms with Crippen molar-refractivity contribution in [1.29, 1.82) is 0 Å². The highest BCUT2D eigenvalue weighted by Crippen LogP contribution is 2.53. The Balaban J connectivity index is 0.00000115. The molecule has 2 heterocycles. The molecule has 0 spiro atoms. The Morgan fingerprint density at radius 1 is 0.708 bits per heavy atom. The van der Waals surface area contributed by atoms with E-state index in [-0.39, 0.29) is 0 Å². The number of terminal acetylenes is 1. The predicted molar refractivity (Wildman–Crippen MR) is 291 cm³/mol. The van der Waals surface area contributed by atoms with Gasteiger partial charge in [-0.1, -0.05) is 190 Å². The molecule has 0 radical (unpaired) electrons. The number of aromatic nitrogens is 1. The van der Waals surface area contributed by atoms with Gasteiger partial charge in [-0.05, 0) is 113 Å². The molecule has 4 aromatic carbocycles. The molecule has 0 N–H and O–H groups in total. The minimum absolute atomic E-state index is 0.493. The van der Waals surface area contributed by atoms with Crippen molar-refractivity contribution in [2.75, 3.05) is 6.66 Å². The summed E-state index contributed by atoms with van der Waals surface area (Å²) >= 11 is 0. The fraction of sp³-hybridized carbons (Fsp3) is 0.233. The maximum Gasteiger partial charge on any atom is 0.166 e. The molecule has 3 unspecified atom stereocenters. The van der Waals surface area contributed by atoms with E-state index < -0.39 is 19.7 Å². The van der Waals surface area contributed by atoms with Crippen molar-refractivity contribution in [2.24, 2.45) is 0 Å². The summed E-state index contributed by atoms with van der Waals surface area (Å²) in [6.07, 6.45) is 33.8. The van der Waals surface area contributed by atoms with Gasteiger partial charge in [0, 0.05) is 45.3 Å². The van der Waals surface area contributed by atoms with Gasteiger partial charge in [0.05, 0.1) is 5.35 Å². The van der Waals surface area contributed by atoms with E-state index in [0.29, 0.717) is 12.6 Å². The van der Waals surface area contributed by atoms with Crippen molar-refractivity contribution in [2.45, 2.75) is 87.2 Å². The molecule has 1 aliphatic heterocycles. The second-order valence-corrected chi connectivity index (χ2v) is 21.7. The van der Waals surface area contributed by atoms with Crippen molar-refractivity contribution < 1.29 is 9.13 Å². The zero-order valence-electron chi connectivity index (χ0n) is 40.8. The van der Waals surface area contributed by atoms with Crippen LogP contribution < -0.4 is 26.5 Å². The molecule has 65 heavy (non-hydrogen) atoms. The van der Waals surface area contributed by atoms with Crippen molar-refractivity contribution in [3.8, 4) is 12.8 Å². The first-order chi connectivity index (χ1) is 31.4. The highest BCUT2D eigenvalue weighted by atomic mass is 31.2. The van der Waals surface area contributed by atoms with Gasteiger partial charge in [0.15, 0.2) is 7.14 Å². The smallest absolute Gasteiger partial charge is 0.166 e. The monoisotopic (exact) mass is 899 g/mol. The lowest BCUT2D eigenvalue weighted by atomic mass is 9.65. The van der Waals surface area contributed by atoms with E-state index in [1.807, 2.05) is 132 Å². The highest BCUT2D eigenvalue weighted by molar-refractivity contribution is 7.82. The van der Waals surface area contributed by atoms with Gasteiger partial charge in [-0.3, -0.25) is 0 Å². The molecule has 0 aliphatic carbocycles. The molecule has 5 heteroatoms. The largest absolute Gasteiger partial charge is 0.319 e. The summed E-state index contributed by atoms with van der Waals surface area (Å²) in [7, 11) is -5.75. The third-order valence-electron chi connectivity index (χ3n) is 11.8. The van der Waals surface area contributed by atoms with E-state index in [4.69, 9.17) is 0 Å². The summed E-state index contributed by atoms with van der Waals surface area (Å²) in [5.41, 5.74) is 7.69. The maximum absolute atomic E-state index is 15.3. The minimum Gasteiger partial charge on any atom is -0.319 e. The third-order valence-corrected chi connectivity index (χ3v) is 17.3. The average molecular weight is 900 g/mol. The number of hydrogen-bond donors (Lipinski definition) is 0. The van der Waals surface area contributed by atoms with Gasteiger partial charge in [-0.2, -0.15) is 0 Å². The third kappa shape index (κ3) is 11.7. The zero-order valence-corrected chi connectivity index (χ0v) is 42.5. The van der Waals surface area contributed by atoms with Gasteiger partial charge in [-0.15, -0.1) is 12.8 Å². The molecular weight excluding hydrogens is 829 g/mol. The van der Waals surface area contributed by atoms with Crippen LogP contribution in [0.5, 0.6) is 0 Å². The fourth-order valence-corrected chi connectivity index (χ4v) is 13.1. The van der Waals surface area contributed by atoms with Crippen LogP contribution in [0.15, 0.2) is 182 Å². The van der Waals surface area contributed by atoms with E-state index in [1.165, 1.54) is 38.7 Å². The number of nitrogens with zero attached hydrogens (tertiary/aromatic N) is 1. The lowest BCUT2D eigenvalue weighted by Gasteiger charge is -2.41. The van der Waals surface area contributed by atoms with E-state index in [9.17, 15) is 4.57 Å². The number of rotatable bonds is 12. The maximum atomic E-state index is 15.3.